The van der Waals surface area contributed by atoms with Crippen LogP contribution in [-0.4, -0.2) is 12.0 Å². The van der Waals surface area contributed by atoms with Gasteiger partial charge in [0.05, 0.1) is 11.8 Å². The van der Waals surface area contributed by atoms with Crippen LogP contribution in [0.1, 0.15) is 19.4 Å². The average molecular weight is 289 g/mol. The summed E-state index contributed by atoms with van der Waals surface area (Å²) in [4.78, 5) is 4.71. The summed E-state index contributed by atoms with van der Waals surface area (Å²) in [5, 5.41) is 2.34. The molecule has 0 aromatic heterocycles. The highest BCUT2D eigenvalue weighted by atomic mass is 16.5. The van der Waals surface area contributed by atoms with Gasteiger partial charge >= 0.3 is 0 Å². The molecular formula is C20H19NO. The Morgan fingerprint density at radius 2 is 1.50 bits per heavy atom. The van der Waals surface area contributed by atoms with E-state index in [-0.39, 0.29) is 6.10 Å². The lowest BCUT2D eigenvalue weighted by Crippen LogP contribution is -2.13. The molecule has 0 bridgehead atoms. The van der Waals surface area contributed by atoms with Gasteiger partial charge < -0.3 is 4.74 Å². The first-order chi connectivity index (χ1) is 10.7. The number of ether oxygens (including phenoxy) is 1. The largest absolute Gasteiger partial charge is 0.474 e. The number of hydrogen-bond donors (Lipinski definition) is 0. The quantitative estimate of drug-likeness (QED) is 0.471. The van der Waals surface area contributed by atoms with E-state index in [1.54, 1.807) is 0 Å². The normalized spacial score (nSPS) is 11.9. The zero-order valence-electron chi connectivity index (χ0n) is 12.9. The van der Waals surface area contributed by atoms with Crippen molar-refractivity contribution in [3.05, 3.63) is 78.4 Å². The van der Waals surface area contributed by atoms with Crippen molar-refractivity contribution < 1.29 is 4.74 Å². The fourth-order valence-corrected chi connectivity index (χ4v) is 2.41. The van der Waals surface area contributed by atoms with E-state index in [2.05, 4.69) is 24.3 Å². The van der Waals surface area contributed by atoms with Crippen LogP contribution in [0.5, 0.6) is 0 Å². The van der Waals surface area contributed by atoms with E-state index < -0.39 is 0 Å². The molecule has 0 aliphatic carbocycles. The number of aliphatic imine (C=N–C) groups is 1. The molecular weight excluding hydrogens is 270 g/mol. The van der Waals surface area contributed by atoms with Gasteiger partial charge in [0.15, 0.2) is 0 Å². The van der Waals surface area contributed by atoms with E-state index in [4.69, 9.17) is 9.73 Å². The molecule has 0 fully saturated rings. The van der Waals surface area contributed by atoms with E-state index in [1.165, 1.54) is 5.39 Å². The molecule has 0 atom stereocenters. The van der Waals surface area contributed by atoms with Gasteiger partial charge in [0, 0.05) is 5.56 Å². The molecule has 0 saturated carbocycles. The van der Waals surface area contributed by atoms with Crippen molar-refractivity contribution in [2.24, 2.45) is 4.99 Å². The lowest BCUT2D eigenvalue weighted by molar-refractivity contribution is 0.230. The molecule has 0 saturated heterocycles. The van der Waals surface area contributed by atoms with E-state index >= 15 is 0 Å². The fraction of sp³-hybridized carbons (Fsp3) is 0.150. The van der Waals surface area contributed by atoms with Crippen LogP contribution in [0.4, 0.5) is 5.69 Å². The summed E-state index contributed by atoms with van der Waals surface area (Å²) < 4.78 is 6.00. The molecule has 0 unspecified atom stereocenters. The van der Waals surface area contributed by atoms with Gasteiger partial charge in [-0.2, -0.15) is 0 Å². The van der Waals surface area contributed by atoms with Crippen molar-refractivity contribution in [2.45, 2.75) is 20.0 Å². The van der Waals surface area contributed by atoms with Crippen LogP contribution in [-0.2, 0) is 4.74 Å². The number of para-hydroxylation sites is 1. The molecule has 22 heavy (non-hydrogen) atoms. The zero-order valence-corrected chi connectivity index (χ0v) is 12.9. The van der Waals surface area contributed by atoms with Crippen LogP contribution in [0, 0.1) is 0 Å². The van der Waals surface area contributed by atoms with E-state index in [0.717, 1.165) is 16.6 Å². The average Bonchev–Trinajstić information content (AvgIpc) is 2.54. The number of nitrogens with zero attached hydrogens (tertiary/aromatic N) is 1. The standard InChI is InChI=1S/C20H19NO/c1-15(2)22-20(21-17-11-4-3-5-12-17)19-14-8-10-16-9-6-7-13-18(16)19/h3-15H,1-2H3. The molecule has 0 amide bonds. The van der Waals surface area contributed by atoms with Crippen molar-refractivity contribution >= 4 is 22.4 Å². The highest BCUT2D eigenvalue weighted by Gasteiger charge is 2.11. The molecule has 0 aliphatic heterocycles. The van der Waals surface area contributed by atoms with Gasteiger partial charge in [0.2, 0.25) is 5.90 Å². The predicted molar refractivity (Wildman–Crippen MR) is 92.8 cm³/mol. The number of benzene rings is 3. The summed E-state index contributed by atoms with van der Waals surface area (Å²) in [5.41, 5.74) is 1.92. The van der Waals surface area contributed by atoms with Gasteiger partial charge in [0.1, 0.15) is 0 Å². The summed E-state index contributed by atoms with van der Waals surface area (Å²) in [6.45, 7) is 4.04. The van der Waals surface area contributed by atoms with Gasteiger partial charge in [-0.15, -0.1) is 0 Å². The van der Waals surface area contributed by atoms with Crippen LogP contribution in [0.15, 0.2) is 77.8 Å². The van der Waals surface area contributed by atoms with Crippen molar-refractivity contribution in [1.82, 2.24) is 0 Å². The van der Waals surface area contributed by atoms with Crippen LogP contribution >= 0.6 is 0 Å². The number of hydrogen-bond acceptors (Lipinski definition) is 2. The number of fused-ring (bicyclic) bond motifs is 1. The monoisotopic (exact) mass is 289 g/mol. The highest BCUT2D eigenvalue weighted by Crippen LogP contribution is 2.22. The second-order valence-corrected chi connectivity index (χ2v) is 5.45. The second kappa shape index (κ2) is 6.44. The molecule has 0 radical (unpaired) electrons. The Kier molecular flexibility index (Phi) is 4.19. The fourth-order valence-electron chi connectivity index (χ4n) is 2.41. The van der Waals surface area contributed by atoms with E-state index in [9.17, 15) is 0 Å². The Balaban J connectivity index is 2.14. The van der Waals surface area contributed by atoms with Gasteiger partial charge in [-0.25, -0.2) is 4.99 Å². The molecule has 3 aromatic rings. The minimum atomic E-state index is 0.0708. The molecule has 0 heterocycles. The minimum absolute atomic E-state index is 0.0708. The molecule has 2 nitrogen and oxygen atoms in total. The van der Waals surface area contributed by atoms with Crippen LogP contribution in [0.3, 0.4) is 0 Å². The Labute approximate surface area is 131 Å². The molecule has 110 valence electrons. The maximum Gasteiger partial charge on any atom is 0.222 e. The number of rotatable bonds is 3. The summed E-state index contributed by atoms with van der Waals surface area (Å²) >= 11 is 0. The first-order valence-corrected chi connectivity index (χ1v) is 7.52. The topological polar surface area (TPSA) is 21.6 Å². The minimum Gasteiger partial charge on any atom is -0.474 e. The van der Waals surface area contributed by atoms with Crippen molar-refractivity contribution in [3.63, 3.8) is 0 Å². The van der Waals surface area contributed by atoms with Gasteiger partial charge in [-0.3, -0.25) is 0 Å². The van der Waals surface area contributed by atoms with Gasteiger partial charge in [-0.1, -0.05) is 54.6 Å². The van der Waals surface area contributed by atoms with Crippen LogP contribution in [0.2, 0.25) is 0 Å². The molecule has 0 aliphatic rings. The summed E-state index contributed by atoms with van der Waals surface area (Å²) in [7, 11) is 0. The van der Waals surface area contributed by atoms with E-state index in [1.807, 2.05) is 62.4 Å². The van der Waals surface area contributed by atoms with Crippen LogP contribution < -0.4 is 0 Å². The van der Waals surface area contributed by atoms with E-state index in [0.29, 0.717) is 5.90 Å². The molecule has 3 aromatic carbocycles. The van der Waals surface area contributed by atoms with Crippen LogP contribution in [0.25, 0.3) is 10.8 Å². The maximum absolute atomic E-state index is 6.00. The first kappa shape index (κ1) is 14.3. The third-order valence-corrected chi connectivity index (χ3v) is 3.35. The maximum atomic E-state index is 6.00. The third kappa shape index (κ3) is 3.17. The highest BCUT2D eigenvalue weighted by molar-refractivity contribution is 6.07. The molecule has 0 N–H and O–H groups in total. The Bertz CT molecular complexity index is 786. The predicted octanol–water partition coefficient (Wildman–Crippen LogP) is 5.34. The van der Waals surface area contributed by atoms with Crippen molar-refractivity contribution in [2.75, 3.05) is 0 Å². The molecule has 3 rings (SSSR count). The van der Waals surface area contributed by atoms with Crippen molar-refractivity contribution in [3.8, 4) is 0 Å². The smallest absolute Gasteiger partial charge is 0.222 e. The SMILES string of the molecule is CC(C)OC(=Nc1ccccc1)c1cccc2ccccc12. The van der Waals surface area contributed by atoms with Crippen molar-refractivity contribution in [1.29, 1.82) is 0 Å². The molecule has 0 spiro atoms. The molecule has 2 heteroatoms. The first-order valence-electron chi connectivity index (χ1n) is 7.52. The lowest BCUT2D eigenvalue weighted by atomic mass is 10.0. The lowest BCUT2D eigenvalue weighted by Gasteiger charge is -2.14. The summed E-state index contributed by atoms with van der Waals surface area (Å²) in [6.07, 6.45) is 0.0708. The third-order valence-electron chi connectivity index (χ3n) is 3.35. The van der Waals surface area contributed by atoms with Gasteiger partial charge in [0.25, 0.3) is 0 Å². The Morgan fingerprint density at radius 1 is 0.818 bits per heavy atom. The van der Waals surface area contributed by atoms with Gasteiger partial charge in [-0.05, 0) is 42.8 Å². The summed E-state index contributed by atoms with van der Waals surface area (Å²) in [5.74, 6) is 0.665. The summed E-state index contributed by atoms with van der Waals surface area (Å²) in [6, 6.07) is 24.4. The zero-order chi connectivity index (χ0) is 15.4. The Hall–Kier alpha value is -2.61. The second-order valence-electron chi connectivity index (χ2n) is 5.45. The Morgan fingerprint density at radius 3 is 2.27 bits per heavy atom.